The van der Waals surface area contributed by atoms with E-state index in [-0.39, 0.29) is 24.1 Å². The average molecular weight is 459 g/mol. The molecule has 0 bridgehead atoms. The number of amides is 2. The normalized spacial score (nSPS) is 21.5. The molecule has 0 aromatic heterocycles. The third-order valence-corrected chi connectivity index (χ3v) is 7.84. The van der Waals surface area contributed by atoms with Crippen molar-refractivity contribution >= 4 is 27.5 Å². The lowest BCUT2D eigenvalue weighted by Gasteiger charge is -2.23. The predicted molar refractivity (Wildman–Crippen MR) is 120 cm³/mol. The van der Waals surface area contributed by atoms with Crippen LogP contribution in [0.3, 0.4) is 0 Å². The van der Waals surface area contributed by atoms with Crippen molar-refractivity contribution < 1.29 is 27.5 Å². The second-order valence-corrected chi connectivity index (χ2v) is 10.2. The summed E-state index contributed by atoms with van der Waals surface area (Å²) in [5, 5.41) is 0. The zero-order chi connectivity index (χ0) is 23.0. The number of nitrogens with zero attached hydrogens (tertiary/aromatic N) is 2. The van der Waals surface area contributed by atoms with E-state index >= 15 is 0 Å². The standard InChI is InChI=1S/C23H26N2O6S/c1-4-15-5-8-18(9-6-15)25-20-14-32(28,29)13-19(20)24(23(25)27)12-17-11-16(22(26)31-3)7-10-21(17)30-2/h5-11,19-20H,4,12-14H2,1-3H3/t19-,20+/m0/s1. The molecule has 32 heavy (non-hydrogen) atoms. The maximum atomic E-state index is 13.5. The average Bonchev–Trinajstić information content (AvgIpc) is 3.22. The van der Waals surface area contributed by atoms with Gasteiger partial charge >= 0.3 is 12.0 Å². The highest BCUT2D eigenvalue weighted by Gasteiger charge is 2.53. The summed E-state index contributed by atoms with van der Waals surface area (Å²) in [7, 11) is -0.486. The molecule has 0 unspecified atom stereocenters. The Morgan fingerprint density at radius 3 is 2.38 bits per heavy atom. The summed E-state index contributed by atoms with van der Waals surface area (Å²) in [6.07, 6.45) is 0.872. The number of benzene rings is 2. The first-order valence-corrected chi connectivity index (χ1v) is 12.2. The minimum Gasteiger partial charge on any atom is -0.496 e. The van der Waals surface area contributed by atoms with Crippen LogP contribution in [-0.4, -0.2) is 63.1 Å². The molecule has 2 fully saturated rings. The maximum Gasteiger partial charge on any atom is 0.337 e. The van der Waals surface area contributed by atoms with Gasteiger partial charge in [-0.1, -0.05) is 19.1 Å². The molecule has 2 aromatic carbocycles. The number of anilines is 1. The summed E-state index contributed by atoms with van der Waals surface area (Å²) in [5.74, 6) is -0.157. The van der Waals surface area contributed by atoms with E-state index in [9.17, 15) is 18.0 Å². The fourth-order valence-corrected chi connectivity index (χ4v) is 6.44. The quantitative estimate of drug-likeness (QED) is 0.488. The van der Waals surface area contributed by atoms with Crippen molar-refractivity contribution in [3.8, 4) is 5.75 Å². The smallest absolute Gasteiger partial charge is 0.337 e. The van der Waals surface area contributed by atoms with E-state index in [1.807, 2.05) is 31.2 Å². The molecular formula is C23H26N2O6S. The van der Waals surface area contributed by atoms with Gasteiger partial charge in [0.15, 0.2) is 9.84 Å². The van der Waals surface area contributed by atoms with Crippen molar-refractivity contribution in [2.45, 2.75) is 32.0 Å². The van der Waals surface area contributed by atoms with Crippen molar-refractivity contribution in [2.75, 3.05) is 30.6 Å². The maximum absolute atomic E-state index is 13.5. The number of rotatable bonds is 6. The van der Waals surface area contributed by atoms with E-state index in [0.717, 1.165) is 12.0 Å². The van der Waals surface area contributed by atoms with Gasteiger partial charge in [0.05, 0.1) is 49.9 Å². The Bertz CT molecular complexity index is 1150. The van der Waals surface area contributed by atoms with Crippen LogP contribution in [0.2, 0.25) is 0 Å². The first-order valence-electron chi connectivity index (χ1n) is 10.4. The third kappa shape index (κ3) is 3.92. The molecule has 0 saturated carbocycles. The number of fused-ring (bicyclic) bond motifs is 1. The van der Waals surface area contributed by atoms with Gasteiger partial charge in [-0.15, -0.1) is 0 Å². The zero-order valence-electron chi connectivity index (χ0n) is 18.3. The Balaban J connectivity index is 1.71. The van der Waals surface area contributed by atoms with Gasteiger partial charge in [-0.3, -0.25) is 4.90 Å². The van der Waals surface area contributed by atoms with Gasteiger partial charge in [0.25, 0.3) is 0 Å². The number of sulfone groups is 1. The first-order chi connectivity index (χ1) is 15.3. The van der Waals surface area contributed by atoms with Crippen LogP contribution in [-0.2, 0) is 27.5 Å². The number of hydrogen-bond acceptors (Lipinski definition) is 6. The van der Waals surface area contributed by atoms with Crippen molar-refractivity contribution in [1.82, 2.24) is 4.90 Å². The largest absolute Gasteiger partial charge is 0.496 e. The lowest BCUT2D eigenvalue weighted by Crippen LogP contribution is -2.37. The molecule has 2 amide bonds. The van der Waals surface area contributed by atoms with Crippen molar-refractivity contribution in [3.63, 3.8) is 0 Å². The zero-order valence-corrected chi connectivity index (χ0v) is 19.1. The Morgan fingerprint density at radius 1 is 1.06 bits per heavy atom. The molecule has 4 rings (SSSR count). The summed E-state index contributed by atoms with van der Waals surface area (Å²) in [4.78, 5) is 28.6. The second-order valence-electron chi connectivity index (χ2n) is 8.03. The molecule has 170 valence electrons. The first kappa shape index (κ1) is 22.1. The van der Waals surface area contributed by atoms with E-state index in [1.165, 1.54) is 14.2 Å². The van der Waals surface area contributed by atoms with Crippen LogP contribution < -0.4 is 9.64 Å². The fraction of sp³-hybridized carbons (Fsp3) is 0.391. The highest BCUT2D eigenvalue weighted by molar-refractivity contribution is 7.91. The molecule has 2 heterocycles. The summed E-state index contributed by atoms with van der Waals surface area (Å²) >= 11 is 0. The van der Waals surface area contributed by atoms with Crippen LogP contribution in [0.1, 0.15) is 28.4 Å². The van der Waals surface area contributed by atoms with Crippen molar-refractivity contribution in [3.05, 3.63) is 59.2 Å². The van der Waals surface area contributed by atoms with Crippen molar-refractivity contribution in [1.29, 1.82) is 0 Å². The number of esters is 1. The summed E-state index contributed by atoms with van der Waals surface area (Å²) < 4.78 is 35.2. The topological polar surface area (TPSA) is 93.2 Å². The van der Waals surface area contributed by atoms with E-state index in [0.29, 0.717) is 22.6 Å². The molecule has 0 aliphatic carbocycles. The molecule has 0 radical (unpaired) electrons. The van der Waals surface area contributed by atoms with Crippen LogP contribution in [0.15, 0.2) is 42.5 Å². The molecule has 2 atom stereocenters. The third-order valence-electron chi connectivity index (χ3n) is 6.14. The molecule has 9 heteroatoms. The van der Waals surface area contributed by atoms with Gasteiger partial charge in [0.2, 0.25) is 0 Å². The molecule has 2 aromatic rings. The van der Waals surface area contributed by atoms with E-state index in [4.69, 9.17) is 9.47 Å². The Morgan fingerprint density at radius 2 is 1.75 bits per heavy atom. The van der Waals surface area contributed by atoms with Crippen LogP contribution >= 0.6 is 0 Å². The number of carbonyl (C=O) groups excluding carboxylic acids is 2. The van der Waals surface area contributed by atoms with Crippen LogP contribution in [0.5, 0.6) is 5.75 Å². The minimum absolute atomic E-state index is 0.0746. The number of aryl methyl sites for hydroxylation is 1. The molecule has 2 aliphatic rings. The number of methoxy groups -OCH3 is 2. The van der Waals surface area contributed by atoms with Gasteiger partial charge in [0.1, 0.15) is 5.75 Å². The summed E-state index contributed by atoms with van der Waals surface area (Å²) in [6.45, 7) is 2.17. The van der Waals surface area contributed by atoms with Crippen molar-refractivity contribution in [2.24, 2.45) is 0 Å². The summed E-state index contributed by atoms with van der Waals surface area (Å²) in [6, 6.07) is 11.3. The van der Waals surface area contributed by atoms with E-state index in [2.05, 4.69) is 0 Å². The second kappa shape index (κ2) is 8.46. The summed E-state index contributed by atoms with van der Waals surface area (Å²) in [5.41, 5.74) is 2.75. The van der Waals surface area contributed by atoms with Gasteiger partial charge in [-0.25, -0.2) is 18.0 Å². The number of hydrogen-bond donors (Lipinski definition) is 0. The van der Waals surface area contributed by atoms with Gasteiger partial charge < -0.3 is 14.4 Å². The minimum atomic E-state index is -3.29. The Labute approximate surface area is 187 Å². The molecule has 2 saturated heterocycles. The molecule has 0 N–H and O–H groups in total. The number of urea groups is 1. The van der Waals surface area contributed by atoms with Gasteiger partial charge in [-0.2, -0.15) is 0 Å². The lowest BCUT2D eigenvalue weighted by molar-refractivity contribution is 0.0600. The Hall–Kier alpha value is -3.07. The number of carbonyl (C=O) groups is 2. The highest BCUT2D eigenvalue weighted by atomic mass is 32.2. The van der Waals surface area contributed by atoms with E-state index in [1.54, 1.807) is 28.0 Å². The van der Waals surface area contributed by atoms with Crippen LogP contribution in [0.25, 0.3) is 0 Å². The Kier molecular flexibility index (Phi) is 5.85. The van der Waals surface area contributed by atoms with Crippen LogP contribution in [0.4, 0.5) is 10.5 Å². The highest BCUT2D eigenvalue weighted by Crippen LogP contribution is 2.37. The van der Waals surface area contributed by atoms with Gasteiger partial charge in [0, 0.05) is 11.3 Å². The van der Waals surface area contributed by atoms with Crippen LogP contribution in [0, 0.1) is 0 Å². The molecule has 2 aliphatic heterocycles. The van der Waals surface area contributed by atoms with Gasteiger partial charge in [-0.05, 0) is 42.3 Å². The molecular weight excluding hydrogens is 432 g/mol. The monoisotopic (exact) mass is 458 g/mol. The SMILES string of the molecule is CCc1ccc(N2C(=O)N(Cc3cc(C(=O)OC)ccc3OC)[C@H]3CS(=O)(=O)C[C@H]32)cc1. The molecule has 8 nitrogen and oxygen atoms in total. The predicted octanol–water partition coefficient (Wildman–Crippen LogP) is 2.65. The molecule has 0 spiro atoms. The van der Waals surface area contributed by atoms with E-state index < -0.39 is 27.9 Å². The lowest BCUT2D eigenvalue weighted by atomic mass is 10.1. The number of ether oxygens (including phenoxy) is 2. The fourth-order valence-electron chi connectivity index (χ4n) is 4.49.